The Labute approximate surface area is 113 Å². The highest BCUT2D eigenvalue weighted by Gasteiger charge is 2.25. The van der Waals surface area contributed by atoms with E-state index < -0.39 is 5.97 Å². The molecule has 2 N–H and O–H groups in total. The third-order valence-corrected chi connectivity index (χ3v) is 3.55. The fraction of sp³-hybridized carbons (Fsp3) is 0.571. The minimum atomic E-state index is -1.04. The van der Waals surface area contributed by atoms with Crippen molar-refractivity contribution in [2.24, 2.45) is 0 Å². The zero-order valence-corrected chi connectivity index (χ0v) is 12.2. The highest BCUT2D eigenvalue weighted by Crippen LogP contribution is 2.21. The summed E-state index contributed by atoms with van der Waals surface area (Å²) >= 11 is 0. The lowest BCUT2D eigenvalue weighted by molar-refractivity contribution is 0.0690. The molecule has 1 heterocycles. The number of aromatic amines is 1. The van der Waals surface area contributed by atoms with Crippen LogP contribution in [-0.4, -0.2) is 40.0 Å². The Kier molecular flexibility index (Phi) is 4.75. The zero-order valence-electron chi connectivity index (χ0n) is 12.2. The van der Waals surface area contributed by atoms with Crippen LogP contribution in [0.5, 0.6) is 0 Å². The number of carboxylic acid groups (broad SMARTS) is 1. The Hall–Kier alpha value is -1.78. The normalized spacial score (nSPS) is 12.3. The maximum Gasteiger partial charge on any atom is 0.352 e. The Morgan fingerprint density at radius 1 is 1.37 bits per heavy atom. The van der Waals surface area contributed by atoms with E-state index in [1.165, 1.54) is 0 Å². The third-order valence-electron chi connectivity index (χ3n) is 3.55. The van der Waals surface area contributed by atoms with Gasteiger partial charge in [0.15, 0.2) is 0 Å². The molecule has 0 aromatic carbocycles. The number of aromatic carboxylic acids is 1. The minimum absolute atomic E-state index is 0.0948. The molecule has 0 aliphatic rings. The fourth-order valence-corrected chi connectivity index (χ4v) is 2.27. The lowest BCUT2D eigenvalue weighted by Crippen LogP contribution is -2.35. The van der Waals surface area contributed by atoms with E-state index >= 15 is 0 Å². The van der Waals surface area contributed by atoms with Crippen LogP contribution in [0.1, 0.15) is 58.8 Å². The number of amides is 1. The van der Waals surface area contributed by atoms with E-state index in [2.05, 4.69) is 11.9 Å². The van der Waals surface area contributed by atoms with Gasteiger partial charge in [-0.3, -0.25) is 4.79 Å². The van der Waals surface area contributed by atoms with Crippen molar-refractivity contribution in [2.45, 2.75) is 46.6 Å². The molecule has 1 aromatic heterocycles. The summed E-state index contributed by atoms with van der Waals surface area (Å²) in [6, 6.07) is 0.138. The predicted molar refractivity (Wildman–Crippen MR) is 73.7 cm³/mol. The second kappa shape index (κ2) is 5.91. The number of H-pyrrole nitrogens is 1. The monoisotopic (exact) mass is 266 g/mol. The van der Waals surface area contributed by atoms with Crippen molar-refractivity contribution in [3.05, 3.63) is 22.5 Å². The molecule has 0 bridgehead atoms. The van der Waals surface area contributed by atoms with E-state index in [1.807, 2.05) is 6.92 Å². The Morgan fingerprint density at radius 3 is 2.37 bits per heavy atom. The van der Waals surface area contributed by atoms with Crippen molar-refractivity contribution in [1.82, 2.24) is 9.88 Å². The van der Waals surface area contributed by atoms with Gasteiger partial charge in [-0.2, -0.15) is 0 Å². The molecule has 1 aromatic rings. The molecule has 1 rings (SSSR count). The molecule has 0 fully saturated rings. The number of nitrogens with one attached hydrogen (secondary N) is 1. The standard InChI is InChI=1S/C14H22N2O3/c1-6-7-8(2)16(5)13(17)11-9(3)12(14(18)19)15-10(11)4/h8,15H,6-7H2,1-5H3,(H,18,19). The maximum atomic E-state index is 12.5. The first-order valence-corrected chi connectivity index (χ1v) is 6.50. The molecule has 5 heteroatoms. The first-order chi connectivity index (χ1) is 8.81. The molecular formula is C14H22N2O3. The molecule has 0 radical (unpaired) electrons. The van der Waals surface area contributed by atoms with Gasteiger partial charge in [-0.15, -0.1) is 0 Å². The molecule has 0 saturated heterocycles. The number of carbonyl (C=O) groups is 2. The molecule has 0 saturated carbocycles. The molecule has 1 atom stereocenters. The first-order valence-electron chi connectivity index (χ1n) is 6.50. The summed E-state index contributed by atoms with van der Waals surface area (Å²) in [5, 5.41) is 9.06. The van der Waals surface area contributed by atoms with Crippen molar-refractivity contribution in [2.75, 3.05) is 7.05 Å². The summed E-state index contributed by atoms with van der Waals surface area (Å²) < 4.78 is 0. The second-order valence-electron chi connectivity index (χ2n) is 4.98. The SMILES string of the molecule is CCCC(C)N(C)C(=O)c1c(C)[nH]c(C(=O)O)c1C. The van der Waals surface area contributed by atoms with Gasteiger partial charge in [0.1, 0.15) is 5.69 Å². The van der Waals surface area contributed by atoms with E-state index in [-0.39, 0.29) is 17.6 Å². The van der Waals surface area contributed by atoms with Gasteiger partial charge in [0.2, 0.25) is 0 Å². The summed E-state index contributed by atoms with van der Waals surface area (Å²) in [5.41, 5.74) is 1.68. The van der Waals surface area contributed by atoms with Gasteiger partial charge in [-0.25, -0.2) is 4.79 Å². The van der Waals surface area contributed by atoms with Crippen LogP contribution < -0.4 is 0 Å². The van der Waals surface area contributed by atoms with E-state index in [0.717, 1.165) is 12.8 Å². The Balaban J connectivity index is 3.10. The Morgan fingerprint density at radius 2 is 1.95 bits per heavy atom. The van der Waals surface area contributed by atoms with Gasteiger partial charge in [0.25, 0.3) is 5.91 Å². The van der Waals surface area contributed by atoms with Gasteiger partial charge in [0.05, 0.1) is 5.56 Å². The molecule has 0 spiro atoms. The van der Waals surface area contributed by atoms with Crippen LogP contribution in [0.2, 0.25) is 0 Å². The summed E-state index contributed by atoms with van der Waals surface area (Å²) in [4.78, 5) is 28.0. The first kappa shape index (κ1) is 15.3. The van der Waals surface area contributed by atoms with Gasteiger partial charge in [-0.1, -0.05) is 13.3 Å². The smallest absolute Gasteiger partial charge is 0.352 e. The number of nitrogens with zero attached hydrogens (tertiary/aromatic N) is 1. The topological polar surface area (TPSA) is 73.4 Å². The van der Waals surface area contributed by atoms with Crippen LogP contribution >= 0.6 is 0 Å². The van der Waals surface area contributed by atoms with Crippen LogP contribution in [0.3, 0.4) is 0 Å². The number of hydrogen-bond donors (Lipinski definition) is 2. The van der Waals surface area contributed by atoms with Gasteiger partial charge in [0, 0.05) is 18.8 Å². The van der Waals surface area contributed by atoms with Gasteiger partial charge in [-0.05, 0) is 32.8 Å². The molecule has 1 unspecified atom stereocenters. The van der Waals surface area contributed by atoms with Crippen molar-refractivity contribution in [1.29, 1.82) is 0 Å². The quantitative estimate of drug-likeness (QED) is 0.860. The number of carboxylic acids is 1. The number of hydrogen-bond acceptors (Lipinski definition) is 2. The van der Waals surface area contributed by atoms with E-state index in [4.69, 9.17) is 5.11 Å². The fourth-order valence-electron chi connectivity index (χ4n) is 2.27. The van der Waals surface area contributed by atoms with Gasteiger partial charge < -0.3 is 15.0 Å². The van der Waals surface area contributed by atoms with Crippen LogP contribution in [0.25, 0.3) is 0 Å². The van der Waals surface area contributed by atoms with Crippen LogP contribution in [0.15, 0.2) is 0 Å². The number of aryl methyl sites for hydroxylation is 1. The number of carbonyl (C=O) groups excluding carboxylic acids is 1. The van der Waals surface area contributed by atoms with Crippen molar-refractivity contribution >= 4 is 11.9 Å². The van der Waals surface area contributed by atoms with Crippen molar-refractivity contribution in [3.63, 3.8) is 0 Å². The van der Waals surface area contributed by atoms with Crippen LogP contribution in [0, 0.1) is 13.8 Å². The highest BCUT2D eigenvalue weighted by atomic mass is 16.4. The molecule has 5 nitrogen and oxygen atoms in total. The predicted octanol–water partition coefficient (Wildman–Crippen LogP) is 2.59. The average Bonchev–Trinajstić information content (AvgIpc) is 2.63. The van der Waals surface area contributed by atoms with Crippen molar-refractivity contribution in [3.8, 4) is 0 Å². The van der Waals surface area contributed by atoms with Crippen LogP contribution in [0.4, 0.5) is 0 Å². The number of aromatic nitrogens is 1. The summed E-state index contributed by atoms with van der Waals surface area (Å²) in [6.45, 7) is 7.46. The van der Waals surface area contributed by atoms with E-state index in [9.17, 15) is 9.59 Å². The Bertz CT molecular complexity index is 491. The zero-order chi connectivity index (χ0) is 14.7. The maximum absolute atomic E-state index is 12.5. The summed E-state index contributed by atoms with van der Waals surface area (Å²) in [5.74, 6) is -1.16. The summed E-state index contributed by atoms with van der Waals surface area (Å²) in [7, 11) is 1.76. The van der Waals surface area contributed by atoms with E-state index in [0.29, 0.717) is 16.8 Å². The second-order valence-corrected chi connectivity index (χ2v) is 4.98. The van der Waals surface area contributed by atoms with Crippen LogP contribution in [-0.2, 0) is 0 Å². The van der Waals surface area contributed by atoms with E-state index in [1.54, 1.807) is 25.8 Å². The minimum Gasteiger partial charge on any atom is -0.477 e. The summed E-state index contributed by atoms with van der Waals surface area (Å²) in [6.07, 6.45) is 1.93. The lowest BCUT2D eigenvalue weighted by Gasteiger charge is -2.25. The lowest BCUT2D eigenvalue weighted by atomic mass is 10.1. The molecule has 1 amide bonds. The molecule has 106 valence electrons. The molecule has 0 aliphatic heterocycles. The molecule has 0 aliphatic carbocycles. The number of rotatable bonds is 5. The third kappa shape index (κ3) is 2.97. The largest absolute Gasteiger partial charge is 0.477 e. The molecule has 19 heavy (non-hydrogen) atoms. The van der Waals surface area contributed by atoms with Gasteiger partial charge >= 0.3 is 5.97 Å². The average molecular weight is 266 g/mol. The molecular weight excluding hydrogens is 244 g/mol. The van der Waals surface area contributed by atoms with Crippen molar-refractivity contribution < 1.29 is 14.7 Å². The highest BCUT2D eigenvalue weighted by molar-refractivity contribution is 6.00.